The van der Waals surface area contributed by atoms with Gasteiger partial charge < -0.3 is 5.32 Å². The molecule has 0 aliphatic heterocycles. The second-order valence-corrected chi connectivity index (χ2v) is 4.28. The summed E-state index contributed by atoms with van der Waals surface area (Å²) in [6.07, 6.45) is 7.62. The first-order valence-corrected chi connectivity index (χ1v) is 6.34. The zero-order valence-electron chi connectivity index (χ0n) is 10.7. The van der Waals surface area contributed by atoms with Crippen LogP contribution in [0.2, 0.25) is 0 Å². The number of nitrogens with one attached hydrogen (secondary N) is 1. The first-order chi connectivity index (χ1) is 7.77. The lowest BCUT2D eigenvalue weighted by atomic mass is 10.1. The van der Waals surface area contributed by atoms with E-state index >= 15 is 0 Å². The molecule has 0 bridgehead atoms. The van der Waals surface area contributed by atoms with Gasteiger partial charge in [0.2, 0.25) is 0 Å². The highest BCUT2D eigenvalue weighted by Crippen LogP contribution is 2.04. The van der Waals surface area contributed by atoms with Crippen molar-refractivity contribution in [2.24, 2.45) is 7.05 Å². The van der Waals surface area contributed by atoms with Crippen LogP contribution >= 0.6 is 0 Å². The molecule has 0 unspecified atom stereocenters. The fourth-order valence-corrected chi connectivity index (χ4v) is 1.98. The summed E-state index contributed by atoms with van der Waals surface area (Å²) >= 11 is 0. The molecule has 0 aliphatic carbocycles. The van der Waals surface area contributed by atoms with Crippen LogP contribution in [0.1, 0.15) is 45.4 Å². The van der Waals surface area contributed by atoms with Gasteiger partial charge in [-0.1, -0.05) is 26.7 Å². The lowest BCUT2D eigenvalue weighted by molar-refractivity contribution is 0.443. The molecule has 4 nitrogen and oxygen atoms in total. The van der Waals surface area contributed by atoms with Crippen LogP contribution in [0.3, 0.4) is 0 Å². The molecule has 0 spiro atoms. The maximum Gasteiger partial charge on any atom is 0.138 e. The van der Waals surface area contributed by atoms with E-state index in [1.54, 1.807) is 6.33 Å². The smallest absolute Gasteiger partial charge is 0.138 e. The molecular formula is C12H24N4. The van der Waals surface area contributed by atoms with Crippen LogP contribution in [0.5, 0.6) is 0 Å². The van der Waals surface area contributed by atoms with Crippen molar-refractivity contribution in [1.29, 1.82) is 0 Å². The van der Waals surface area contributed by atoms with Gasteiger partial charge in [0.15, 0.2) is 0 Å². The predicted octanol–water partition coefficient (Wildman–Crippen LogP) is 1.92. The van der Waals surface area contributed by atoms with Gasteiger partial charge in [0, 0.05) is 26.1 Å². The van der Waals surface area contributed by atoms with Crippen molar-refractivity contribution in [1.82, 2.24) is 20.1 Å². The zero-order valence-corrected chi connectivity index (χ0v) is 10.7. The summed E-state index contributed by atoms with van der Waals surface area (Å²) in [5, 5.41) is 7.67. The highest BCUT2D eigenvalue weighted by molar-refractivity contribution is 4.84. The minimum absolute atomic E-state index is 0.670. The Balaban J connectivity index is 2.24. The number of nitrogens with zero attached hydrogens (tertiary/aromatic N) is 3. The van der Waals surface area contributed by atoms with Crippen molar-refractivity contribution in [2.45, 2.75) is 52.0 Å². The van der Waals surface area contributed by atoms with Crippen LogP contribution in [-0.4, -0.2) is 27.4 Å². The Bertz CT molecular complexity index is 276. The molecule has 0 radical (unpaired) electrons. The molecule has 1 aromatic heterocycles. The first-order valence-electron chi connectivity index (χ1n) is 6.34. The van der Waals surface area contributed by atoms with Gasteiger partial charge in [-0.25, -0.2) is 4.98 Å². The van der Waals surface area contributed by atoms with E-state index in [2.05, 4.69) is 29.2 Å². The SMILES string of the molecule is CCCC(CCC)NCCc1ncnn1C. The molecular weight excluding hydrogens is 200 g/mol. The van der Waals surface area contributed by atoms with Crippen LogP contribution in [0.4, 0.5) is 0 Å². The number of aromatic nitrogens is 3. The normalized spacial score (nSPS) is 11.2. The highest BCUT2D eigenvalue weighted by atomic mass is 15.3. The summed E-state index contributed by atoms with van der Waals surface area (Å²) < 4.78 is 1.84. The van der Waals surface area contributed by atoms with Crippen LogP contribution in [0.15, 0.2) is 6.33 Å². The molecule has 0 aliphatic rings. The molecule has 1 N–H and O–H groups in total. The zero-order chi connectivity index (χ0) is 11.8. The number of hydrogen-bond acceptors (Lipinski definition) is 3. The molecule has 0 atom stereocenters. The molecule has 0 amide bonds. The molecule has 1 rings (SSSR count). The van der Waals surface area contributed by atoms with Crippen molar-refractivity contribution in [3.8, 4) is 0 Å². The van der Waals surface area contributed by atoms with Crippen molar-refractivity contribution >= 4 is 0 Å². The van der Waals surface area contributed by atoms with E-state index in [1.807, 2.05) is 11.7 Å². The maximum absolute atomic E-state index is 4.22. The molecule has 0 saturated carbocycles. The summed E-state index contributed by atoms with van der Waals surface area (Å²) in [6.45, 7) is 5.48. The summed E-state index contributed by atoms with van der Waals surface area (Å²) in [5.74, 6) is 1.05. The minimum atomic E-state index is 0.670. The van der Waals surface area contributed by atoms with Crippen molar-refractivity contribution in [3.05, 3.63) is 12.2 Å². The summed E-state index contributed by atoms with van der Waals surface area (Å²) in [6, 6.07) is 0.670. The second-order valence-electron chi connectivity index (χ2n) is 4.28. The van der Waals surface area contributed by atoms with Crippen LogP contribution in [0, 0.1) is 0 Å². The van der Waals surface area contributed by atoms with E-state index in [9.17, 15) is 0 Å². The Labute approximate surface area is 98.5 Å². The summed E-state index contributed by atoms with van der Waals surface area (Å²) in [4.78, 5) is 4.22. The monoisotopic (exact) mass is 224 g/mol. The van der Waals surface area contributed by atoms with E-state index in [0.717, 1.165) is 18.8 Å². The molecule has 0 saturated heterocycles. The average Bonchev–Trinajstić information content (AvgIpc) is 2.65. The van der Waals surface area contributed by atoms with Gasteiger partial charge in [-0.15, -0.1) is 0 Å². The van der Waals surface area contributed by atoms with Gasteiger partial charge >= 0.3 is 0 Å². The van der Waals surface area contributed by atoms with Gasteiger partial charge in [0.25, 0.3) is 0 Å². The van der Waals surface area contributed by atoms with Crippen molar-refractivity contribution in [2.75, 3.05) is 6.54 Å². The molecule has 1 heterocycles. The molecule has 0 aromatic carbocycles. The third-order valence-electron chi connectivity index (χ3n) is 2.86. The Morgan fingerprint density at radius 2 is 2.00 bits per heavy atom. The second kappa shape index (κ2) is 7.39. The lowest BCUT2D eigenvalue weighted by Gasteiger charge is -2.16. The predicted molar refractivity (Wildman–Crippen MR) is 66.3 cm³/mol. The Hall–Kier alpha value is -0.900. The summed E-state index contributed by atoms with van der Waals surface area (Å²) in [5.41, 5.74) is 0. The van der Waals surface area contributed by atoms with Gasteiger partial charge in [-0.05, 0) is 12.8 Å². The quantitative estimate of drug-likeness (QED) is 0.733. The van der Waals surface area contributed by atoms with Crippen LogP contribution in [-0.2, 0) is 13.5 Å². The van der Waals surface area contributed by atoms with E-state index in [0.29, 0.717) is 6.04 Å². The number of hydrogen-bond donors (Lipinski definition) is 1. The van der Waals surface area contributed by atoms with Gasteiger partial charge in [-0.3, -0.25) is 4.68 Å². The standard InChI is InChI=1S/C12H24N4/c1-4-6-11(7-5-2)13-9-8-12-14-10-15-16(12)3/h10-11,13H,4-9H2,1-3H3. The van der Waals surface area contributed by atoms with Crippen LogP contribution < -0.4 is 5.32 Å². The Morgan fingerprint density at radius 1 is 1.31 bits per heavy atom. The van der Waals surface area contributed by atoms with Crippen molar-refractivity contribution < 1.29 is 0 Å². The van der Waals surface area contributed by atoms with Gasteiger partial charge in [0.1, 0.15) is 12.2 Å². The molecule has 1 aromatic rings. The minimum Gasteiger partial charge on any atom is -0.314 e. The fourth-order valence-electron chi connectivity index (χ4n) is 1.98. The van der Waals surface area contributed by atoms with Crippen LogP contribution in [0.25, 0.3) is 0 Å². The lowest BCUT2D eigenvalue weighted by Crippen LogP contribution is -2.31. The first kappa shape index (κ1) is 13.2. The fraction of sp³-hybridized carbons (Fsp3) is 0.833. The Kier molecular flexibility index (Phi) is 6.08. The van der Waals surface area contributed by atoms with E-state index < -0.39 is 0 Å². The summed E-state index contributed by atoms with van der Waals surface area (Å²) in [7, 11) is 1.94. The van der Waals surface area contributed by atoms with E-state index in [4.69, 9.17) is 0 Å². The average molecular weight is 224 g/mol. The highest BCUT2D eigenvalue weighted by Gasteiger charge is 2.06. The van der Waals surface area contributed by atoms with E-state index in [1.165, 1.54) is 25.7 Å². The van der Waals surface area contributed by atoms with Crippen molar-refractivity contribution in [3.63, 3.8) is 0 Å². The molecule has 16 heavy (non-hydrogen) atoms. The maximum atomic E-state index is 4.22. The van der Waals surface area contributed by atoms with Gasteiger partial charge in [-0.2, -0.15) is 5.10 Å². The molecule has 4 heteroatoms. The number of rotatable bonds is 8. The number of aryl methyl sites for hydroxylation is 1. The molecule has 0 fully saturated rings. The third kappa shape index (κ3) is 4.31. The largest absolute Gasteiger partial charge is 0.314 e. The molecule has 92 valence electrons. The topological polar surface area (TPSA) is 42.7 Å². The third-order valence-corrected chi connectivity index (χ3v) is 2.86. The van der Waals surface area contributed by atoms with Gasteiger partial charge in [0.05, 0.1) is 0 Å². The van der Waals surface area contributed by atoms with E-state index in [-0.39, 0.29) is 0 Å². The Morgan fingerprint density at radius 3 is 2.50 bits per heavy atom.